The highest BCUT2D eigenvalue weighted by atomic mass is 31.2. The van der Waals surface area contributed by atoms with Crippen LogP contribution in [-0.2, 0) is 18.6 Å². The predicted molar refractivity (Wildman–Crippen MR) is 130 cm³/mol. The maximum Gasteiger partial charge on any atom is 0.459 e. The number of fused-ring (bicyclic) bond motifs is 1. The van der Waals surface area contributed by atoms with Crippen molar-refractivity contribution < 1.29 is 23.1 Å². The number of benzene rings is 1. The third-order valence-electron chi connectivity index (χ3n) is 5.52. The number of carbonyl (C=O) groups is 1. The van der Waals surface area contributed by atoms with Crippen LogP contribution in [0.15, 0.2) is 41.8 Å². The van der Waals surface area contributed by atoms with Crippen molar-refractivity contribution in [3.63, 3.8) is 0 Å². The molecule has 0 radical (unpaired) electrons. The van der Waals surface area contributed by atoms with Crippen LogP contribution in [0.1, 0.15) is 26.5 Å². The van der Waals surface area contributed by atoms with Gasteiger partial charge in [-0.25, -0.2) is 14.6 Å². The number of ether oxygens (including phenoxy) is 1. The average Bonchev–Trinajstić information content (AvgIpc) is 3.42. The molecule has 1 aliphatic heterocycles. The molecule has 2 aromatic heterocycles. The molecule has 0 bridgehead atoms. The number of nitrogens with zero attached hydrogens (tertiary/aromatic N) is 7. The van der Waals surface area contributed by atoms with E-state index in [0.29, 0.717) is 11.2 Å². The highest BCUT2D eigenvalue weighted by Crippen LogP contribution is 2.46. The van der Waals surface area contributed by atoms with Crippen LogP contribution in [0.5, 0.6) is 5.75 Å². The Hall–Kier alpha value is -3.74. The fraction of sp³-hybridized carbons (Fsp3) is 0.400. The van der Waals surface area contributed by atoms with Crippen LogP contribution < -0.4 is 21.1 Å². The number of imidazole rings is 1. The Labute approximate surface area is 205 Å². The topological polar surface area (TPSA) is 218 Å². The van der Waals surface area contributed by atoms with Gasteiger partial charge < -0.3 is 20.7 Å². The quantitative estimate of drug-likeness (QED) is 0.154. The van der Waals surface area contributed by atoms with Crippen LogP contribution in [0.3, 0.4) is 0 Å². The Morgan fingerprint density at radius 1 is 1.39 bits per heavy atom. The summed E-state index contributed by atoms with van der Waals surface area (Å²) in [6.07, 6.45) is 0.248. The fourth-order valence-electron chi connectivity index (χ4n) is 3.60. The number of aromatic nitrogens is 4. The van der Waals surface area contributed by atoms with E-state index >= 15 is 0 Å². The van der Waals surface area contributed by atoms with Gasteiger partial charge in [0.15, 0.2) is 11.5 Å². The Kier molecular flexibility index (Phi) is 7.38. The smallest absolute Gasteiger partial charge is 0.413 e. The number of Topliss-reactive ketones (excluding diaryl/α,β-unsaturated/α-hetero) is 1. The molecule has 16 heteroatoms. The zero-order valence-electron chi connectivity index (χ0n) is 19.5. The van der Waals surface area contributed by atoms with Gasteiger partial charge in [-0.3, -0.25) is 13.9 Å². The first-order valence-corrected chi connectivity index (χ1v) is 12.5. The lowest BCUT2D eigenvalue weighted by Gasteiger charge is -2.24. The molecule has 2 unspecified atom stereocenters. The minimum Gasteiger partial charge on any atom is -0.413 e. The first-order valence-electron chi connectivity index (χ1n) is 10.9. The summed E-state index contributed by atoms with van der Waals surface area (Å²) in [5.41, 5.74) is 21.4. The molecule has 0 spiro atoms. The number of hydrogen-bond acceptors (Lipinski definition) is 11. The van der Waals surface area contributed by atoms with E-state index in [0.717, 1.165) is 0 Å². The SMILES string of the molecule is CC(=O)[C@H](C)NP(=O)(OC[C@H]1O[C@@H](n2cnc3c(N)nc(N)nc32)CC1N=[N+]=[N-])Oc1ccccc1. The Bertz CT molecular complexity index is 1350. The number of ketones is 1. The van der Waals surface area contributed by atoms with Crippen molar-refractivity contribution in [1.29, 1.82) is 0 Å². The Morgan fingerprint density at radius 2 is 2.14 bits per heavy atom. The van der Waals surface area contributed by atoms with E-state index in [1.807, 2.05) is 0 Å². The van der Waals surface area contributed by atoms with Crippen LogP contribution in [-0.4, -0.2) is 50.1 Å². The molecule has 3 heterocycles. The average molecular weight is 516 g/mol. The highest BCUT2D eigenvalue weighted by Gasteiger charge is 2.40. The first kappa shape index (κ1) is 25.4. The van der Waals surface area contributed by atoms with Gasteiger partial charge in [-0.1, -0.05) is 23.3 Å². The Morgan fingerprint density at radius 3 is 2.83 bits per heavy atom. The number of nitrogens with two attached hydrogens (primary N) is 2. The lowest BCUT2D eigenvalue weighted by atomic mass is 10.1. The first-order chi connectivity index (χ1) is 17.2. The molecule has 1 aromatic carbocycles. The number of nitrogens with one attached hydrogen (secondary N) is 1. The summed E-state index contributed by atoms with van der Waals surface area (Å²) in [5.74, 6) is 0.106. The summed E-state index contributed by atoms with van der Waals surface area (Å²) in [5, 5.41) is 6.44. The van der Waals surface area contributed by atoms with E-state index in [9.17, 15) is 9.36 Å². The molecule has 0 amide bonds. The molecule has 0 saturated carbocycles. The van der Waals surface area contributed by atoms with E-state index < -0.39 is 32.2 Å². The third kappa shape index (κ3) is 5.56. The summed E-state index contributed by atoms with van der Waals surface area (Å²) in [4.78, 5) is 27.0. The largest absolute Gasteiger partial charge is 0.459 e. The molecule has 190 valence electrons. The van der Waals surface area contributed by atoms with Crippen LogP contribution in [0.25, 0.3) is 21.6 Å². The standard InChI is InChI=1S/C20H25N10O5P/c1-11(12(2)31)28-36(32,35-13-6-4-3-5-7-13)33-9-15-14(27-29-23)8-16(34-15)30-10-24-17-18(21)25-20(22)26-19(17)30/h3-7,10-11,14-16H,8-9H2,1-2H3,(H,28,32)(H4,21,22,25,26)/t11-,14?,15+,16+,36?/m0/s1. The van der Waals surface area contributed by atoms with Gasteiger partial charge in [0.05, 0.1) is 31.1 Å². The van der Waals surface area contributed by atoms with Gasteiger partial charge in [0.25, 0.3) is 0 Å². The number of hydrogen-bond donors (Lipinski definition) is 3. The van der Waals surface area contributed by atoms with E-state index in [1.54, 1.807) is 41.8 Å². The Balaban J connectivity index is 1.55. The zero-order valence-corrected chi connectivity index (χ0v) is 20.4. The van der Waals surface area contributed by atoms with Gasteiger partial charge in [-0.05, 0) is 31.5 Å². The highest BCUT2D eigenvalue weighted by molar-refractivity contribution is 7.52. The molecule has 1 saturated heterocycles. The van der Waals surface area contributed by atoms with Crippen LogP contribution in [0, 0.1) is 0 Å². The van der Waals surface area contributed by atoms with Crippen LogP contribution >= 0.6 is 7.75 Å². The van der Waals surface area contributed by atoms with Gasteiger partial charge in [0, 0.05) is 11.3 Å². The normalized spacial score (nSPS) is 22.0. The summed E-state index contributed by atoms with van der Waals surface area (Å²) < 4.78 is 32.5. The number of anilines is 2. The molecule has 1 aliphatic rings. The van der Waals surface area contributed by atoms with Gasteiger partial charge in [0.1, 0.15) is 23.3 Å². The number of azide groups is 1. The lowest BCUT2D eigenvalue weighted by Crippen LogP contribution is -2.34. The zero-order chi connectivity index (χ0) is 25.9. The minimum atomic E-state index is -4.04. The van der Waals surface area contributed by atoms with Gasteiger partial charge >= 0.3 is 7.75 Å². The second kappa shape index (κ2) is 10.5. The molecule has 4 rings (SSSR count). The summed E-state index contributed by atoms with van der Waals surface area (Å²) >= 11 is 0. The van der Waals surface area contributed by atoms with E-state index in [4.69, 9.17) is 30.8 Å². The maximum atomic E-state index is 13.6. The van der Waals surface area contributed by atoms with Crippen molar-refractivity contribution in [2.24, 2.45) is 5.11 Å². The molecule has 5 N–H and O–H groups in total. The second-order valence-corrected chi connectivity index (χ2v) is 9.78. The number of carbonyl (C=O) groups excluding carboxylic acids is 1. The molecule has 0 aliphatic carbocycles. The fourth-order valence-corrected chi connectivity index (χ4v) is 5.18. The summed E-state index contributed by atoms with van der Waals surface area (Å²) in [7, 11) is -4.04. The number of rotatable bonds is 10. The number of para-hydroxylation sites is 1. The molecular formula is C20H25N10O5P. The molecular weight excluding hydrogens is 491 g/mol. The minimum absolute atomic E-state index is 0.0316. The van der Waals surface area contributed by atoms with E-state index in [1.165, 1.54) is 13.3 Å². The predicted octanol–water partition coefficient (Wildman–Crippen LogP) is 2.73. The molecule has 15 nitrogen and oxygen atoms in total. The summed E-state index contributed by atoms with van der Waals surface area (Å²) in [6, 6.07) is 6.90. The monoisotopic (exact) mass is 516 g/mol. The van der Waals surface area contributed by atoms with Crippen molar-refractivity contribution in [3.8, 4) is 5.75 Å². The second-order valence-electron chi connectivity index (χ2n) is 8.09. The maximum absolute atomic E-state index is 13.6. The van der Waals surface area contributed by atoms with E-state index in [2.05, 4.69) is 30.1 Å². The van der Waals surface area contributed by atoms with Crippen molar-refractivity contribution in [2.75, 3.05) is 18.1 Å². The third-order valence-corrected chi connectivity index (χ3v) is 7.16. The van der Waals surface area contributed by atoms with Crippen molar-refractivity contribution >= 4 is 36.5 Å². The van der Waals surface area contributed by atoms with Crippen LogP contribution in [0.4, 0.5) is 11.8 Å². The van der Waals surface area contributed by atoms with Crippen molar-refractivity contribution in [1.82, 2.24) is 24.6 Å². The molecule has 1 fully saturated rings. The lowest BCUT2D eigenvalue weighted by molar-refractivity contribution is -0.118. The van der Waals surface area contributed by atoms with Gasteiger partial charge in [-0.15, -0.1) is 0 Å². The van der Waals surface area contributed by atoms with Crippen molar-refractivity contribution in [3.05, 3.63) is 47.1 Å². The summed E-state index contributed by atoms with van der Waals surface area (Å²) in [6.45, 7) is 2.63. The van der Waals surface area contributed by atoms with Gasteiger partial charge in [-0.2, -0.15) is 9.97 Å². The van der Waals surface area contributed by atoms with Gasteiger partial charge in [0.2, 0.25) is 5.95 Å². The number of nitrogen functional groups attached to an aromatic ring is 2. The van der Waals surface area contributed by atoms with E-state index in [-0.39, 0.29) is 36.3 Å². The van der Waals surface area contributed by atoms with Crippen molar-refractivity contribution in [2.45, 2.75) is 44.7 Å². The molecule has 36 heavy (non-hydrogen) atoms. The van der Waals surface area contributed by atoms with Crippen LogP contribution in [0.2, 0.25) is 0 Å². The molecule has 5 atom stereocenters. The molecule has 3 aromatic rings.